The first-order chi connectivity index (χ1) is 8.16. The zero-order valence-corrected chi connectivity index (χ0v) is 12.3. The Hall–Kier alpha value is -0.710. The molecular formula is C13H15BrN2S. The van der Waals surface area contributed by atoms with Gasteiger partial charge in [0.2, 0.25) is 0 Å². The molecule has 0 aliphatic rings. The van der Waals surface area contributed by atoms with E-state index in [1.165, 1.54) is 5.56 Å². The molecule has 2 atom stereocenters. The van der Waals surface area contributed by atoms with Gasteiger partial charge in [-0.2, -0.15) is 0 Å². The van der Waals surface area contributed by atoms with E-state index in [0.29, 0.717) is 6.04 Å². The summed E-state index contributed by atoms with van der Waals surface area (Å²) in [5.74, 6) is 0. The van der Waals surface area contributed by atoms with E-state index >= 15 is 0 Å². The van der Waals surface area contributed by atoms with Crippen molar-refractivity contribution in [1.29, 1.82) is 0 Å². The lowest BCUT2D eigenvalue weighted by Crippen LogP contribution is -2.22. The highest BCUT2D eigenvalue weighted by molar-refractivity contribution is 9.10. The lowest BCUT2D eigenvalue weighted by molar-refractivity contribution is 0.488. The van der Waals surface area contributed by atoms with Gasteiger partial charge in [0.1, 0.15) is 0 Å². The molecule has 4 heteroatoms. The number of benzene rings is 1. The van der Waals surface area contributed by atoms with Crippen molar-refractivity contribution in [2.24, 2.45) is 0 Å². The Morgan fingerprint density at radius 2 is 1.88 bits per heavy atom. The van der Waals surface area contributed by atoms with Gasteiger partial charge in [-0.15, -0.1) is 11.3 Å². The summed E-state index contributed by atoms with van der Waals surface area (Å²) >= 11 is 5.08. The molecule has 2 nitrogen and oxygen atoms in total. The highest BCUT2D eigenvalue weighted by Crippen LogP contribution is 2.20. The molecule has 0 saturated carbocycles. The summed E-state index contributed by atoms with van der Waals surface area (Å²) in [6.45, 7) is 4.32. The van der Waals surface area contributed by atoms with Gasteiger partial charge >= 0.3 is 0 Å². The fourth-order valence-corrected chi connectivity index (χ4v) is 2.66. The van der Waals surface area contributed by atoms with E-state index in [9.17, 15) is 0 Å². The summed E-state index contributed by atoms with van der Waals surface area (Å²) < 4.78 is 1.11. The number of aromatic nitrogens is 1. The van der Waals surface area contributed by atoms with Crippen LogP contribution in [0.25, 0.3) is 0 Å². The van der Waals surface area contributed by atoms with Crippen molar-refractivity contribution in [3.8, 4) is 0 Å². The summed E-state index contributed by atoms with van der Waals surface area (Å²) in [6, 6.07) is 9.01. The van der Waals surface area contributed by atoms with Crippen LogP contribution in [0, 0.1) is 0 Å². The molecule has 1 aromatic carbocycles. The van der Waals surface area contributed by atoms with Gasteiger partial charge in [-0.3, -0.25) is 0 Å². The molecule has 1 N–H and O–H groups in total. The molecule has 1 aromatic heterocycles. The average molecular weight is 311 g/mol. The highest BCUT2D eigenvalue weighted by Gasteiger charge is 2.12. The Labute approximate surface area is 114 Å². The highest BCUT2D eigenvalue weighted by atomic mass is 79.9. The largest absolute Gasteiger partial charge is 0.302 e. The van der Waals surface area contributed by atoms with Gasteiger partial charge in [-0.05, 0) is 31.5 Å². The van der Waals surface area contributed by atoms with E-state index in [1.807, 2.05) is 5.51 Å². The van der Waals surface area contributed by atoms with Gasteiger partial charge in [0.15, 0.2) is 0 Å². The van der Waals surface area contributed by atoms with Gasteiger partial charge in [-0.1, -0.05) is 28.1 Å². The molecule has 1 unspecified atom stereocenters. The van der Waals surface area contributed by atoms with Crippen molar-refractivity contribution in [3.63, 3.8) is 0 Å². The molecule has 0 aliphatic heterocycles. The number of nitrogens with zero attached hydrogens (tertiary/aromatic N) is 1. The molecule has 0 bridgehead atoms. The average Bonchev–Trinajstić information content (AvgIpc) is 2.83. The van der Waals surface area contributed by atoms with Crippen molar-refractivity contribution >= 4 is 27.3 Å². The van der Waals surface area contributed by atoms with Crippen LogP contribution in [0.2, 0.25) is 0 Å². The molecule has 0 aliphatic carbocycles. The zero-order valence-electron chi connectivity index (χ0n) is 9.85. The van der Waals surface area contributed by atoms with Crippen LogP contribution >= 0.6 is 27.3 Å². The van der Waals surface area contributed by atoms with Gasteiger partial charge in [0.05, 0.1) is 11.2 Å². The summed E-state index contributed by atoms with van der Waals surface area (Å²) in [4.78, 5) is 4.33. The van der Waals surface area contributed by atoms with Crippen LogP contribution in [-0.2, 0) is 0 Å². The third-order valence-electron chi connectivity index (χ3n) is 2.77. The van der Waals surface area contributed by atoms with E-state index in [4.69, 9.17) is 0 Å². The van der Waals surface area contributed by atoms with Crippen LogP contribution in [0.5, 0.6) is 0 Å². The molecule has 0 saturated heterocycles. The van der Waals surface area contributed by atoms with Crippen LogP contribution in [0.1, 0.15) is 37.2 Å². The van der Waals surface area contributed by atoms with Gasteiger partial charge in [-0.25, -0.2) is 4.98 Å². The maximum atomic E-state index is 4.33. The van der Waals surface area contributed by atoms with Crippen LogP contribution in [0.15, 0.2) is 39.6 Å². The van der Waals surface area contributed by atoms with Crippen molar-refractivity contribution in [3.05, 3.63) is 50.9 Å². The lowest BCUT2D eigenvalue weighted by atomic mass is 10.1. The molecule has 2 rings (SSSR count). The maximum absolute atomic E-state index is 4.33. The molecule has 2 aromatic rings. The van der Waals surface area contributed by atoms with E-state index < -0.39 is 0 Å². The Morgan fingerprint density at radius 3 is 2.47 bits per heavy atom. The summed E-state index contributed by atoms with van der Waals surface area (Å²) in [7, 11) is 0. The van der Waals surface area contributed by atoms with Crippen molar-refractivity contribution < 1.29 is 0 Å². The summed E-state index contributed by atoms with van der Waals surface area (Å²) in [5, 5.41) is 5.64. The van der Waals surface area contributed by atoms with Crippen LogP contribution in [0.3, 0.4) is 0 Å². The van der Waals surface area contributed by atoms with Gasteiger partial charge in [0, 0.05) is 21.9 Å². The van der Waals surface area contributed by atoms with E-state index in [2.05, 4.69) is 69.7 Å². The third kappa shape index (κ3) is 3.37. The first-order valence-corrected chi connectivity index (χ1v) is 7.30. The SMILES string of the molecule is CC(N[C@H](C)c1ccc(Br)cc1)c1cscn1. The fourth-order valence-electron chi connectivity index (χ4n) is 1.74. The molecule has 0 radical (unpaired) electrons. The van der Waals surface area contributed by atoms with Gasteiger partial charge in [0.25, 0.3) is 0 Å². The first-order valence-electron chi connectivity index (χ1n) is 5.56. The van der Waals surface area contributed by atoms with Crippen LogP contribution in [-0.4, -0.2) is 4.98 Å². The first kappa shape index (κ1) is 12.7. The smallest absolute Gasteiger partial charge is 0.0795 e. The second-order valence-electron chi connectivity index (χ2n) is 4.07. The third-order valence-corrected chi connectivity index (χ3v) is 3.90. The van der Waals surface area contributed by atoms with Crippen molar-refractivity contribution in [1.82, 2.24) is 10.3 Å². The second kappa shape index (κ2) is 5.76. The Kier molecular flexibility index (Phi) is 4.31. The van der Waals surface area contributed by atoms with Crippen LogP contribution < -0.4 is 5.32 Å². The van der Waals surface area contributed by atoms with Gasteiger partial charge < -0.3 is 5.32 Å². The summed E-state index contributed by atoms with van der Waals surface area (Å²) in [5.41, 5.74) is 4.27. The molecule has 0 amide bonds. The summed E-state index contributed by atoms with van der Waals surface area (Å²) in [6.07, 6.45) is 0. The predicted octanol–water partition coefficient (Wildman–Crippen LogP) is 4.32. The monoisotopic (exact) mass is 310 g/mol. The molecular weight excluding hydrogens is 296 g/mol. The topological polar surface area (TPSA) is 24.9 Å². The van der Waals surface area contributed by atoms with Crippen molar-refractivity contribution in [2.75, 3.05) is 0 Å². The molecule has 0 fully saturated rings. The van der Waals surface area contributed by atoms with E-state index in [0.717, 1.165) is 10.2 Å². The number of hydrogen-bond donors (Lipinski definition) is 1. The maximum Gasteiger partial charge on any atom is 0.0795 e. The number of nitrogens with one attached hydrogen (secondary N) is 1. The van der Waals surface area contributed by atoms with Crippen LogP contribution in [0.4, 0.5) is 0 Å². The normalized spacial score (nSPS) is 14.5. The number of hydrogen-bond acceptors (Lipinski definition) is 3. The predicted molar refractivity (Wildman–Crippen MR) is 76.2 cm³/mol. The van der Waals surface area contributed by atoms with E-state index in [-0.39, 0.29) is 6.04 Å². The Morgan fingerprint density at radius 1 is 1.18 bits per heavy atom. The number of rotatable bonds is 4. The minimum Gasteiger partial charge on any atom is -0.302 e. The molecule has 0 spiro atoms. The minimum absolute atomic E-state index is 0.278. The lowest BCUT2D eigenvalue weighted by Gasteiger charge is -2.19. The number of halogens is 1. The molecule has 17 heavy (non-hydrogen) atoms. The zero-order chi connectivity index (χ0) is 12.3. The Balaban J connectivity index is 2.01. The Bertz CT molecular complexity index is 453. The fraction of sp³-hybridized carbons (Fsp3) is 0.308. The second-order valence-corrected chi connectivity index (χ2v) is 5.71. The molecule has 1 heterocycles. The number of thiazole rings is 1. The quantitative estimate of drug-likeness (QED) is 0.909. The standard InChI is InChI=1S/C13H15BrN2S/c1-9(11-3-5-12(14)6-4-11)16-10(2)13-7-17-8-15-13/h3-10,16H,1-2H3/t9-,10?/m1/s1. The van der Waals surface area contributed by atoms with E-state index in [1.54, 1.807) is 11.3 Å². The van der Waals surface area contributed by atoms with Crippen molar-refractivity contribution in [2.45, 2.75) is 25.9 Å². The molecule has 90 valence electrons. The minimum atomic E-state index is 0.278.